The Balaban J connectivity index is 1.73. The number of halogens is 2. The van der Waals surface area contributed by atoms with Crippen molar-refractivity contribution in [3.63, 3.8) is 0 Å². The second-order valence-electron chi connectivity index (χ2n) is 6.11. The molecule has 0 saturated carbocycles. The highest BCUT2D eigenvalue weighted by Gasteiger charge is 2.20. The summed E-state index contributed by atoms with van der Waals surface area (Å²) >= 11 is 5.91. The second-order valence-corrected chi connectivity index (χ2v) is 8.60. The first kappa shape index (κ1) is 21.3. The van der Waals surface area contributed by atoms with Gasteiger partial charge in [0.2, 0.25) is 15.9 Å². The molecule has 0 aromatic heterocycles. The molecule has 2 rings (SSSR count). The van der Waals surface area contributed by atoms with Crippen LogP contribution in [-0.4, -0.2) is 38.8 Å². The van der Waals surface area contributed by atoms with Gasteiger partial charge in [0.1, 0.15) is 5.82 Å². The molecule has 0 fully saturated rings. The first-order chi connectivity index (χ1) is 12.8. The fraction of sp³-hybridized carbons (Fsp3) is 0.316. The van der Waals surface area contributed by atoms with Crippen molar-refractivity contribution in [3.05, 3.63) is 64.9 Å². The third-order valence-electron chi connectivity index (χ3n) is 4.02. The van der Waals surface area contributed by atoms with E-state index in [4.69, 9.17) is 11.6 Å². The number of amides is 1. The number of hydrogen-bond donors (Lipinski definition) is 1. The van der Waals surface area contributed by atoms with Crippen LogP contribution in [0.25, 0.3) is 0 Å². The van der Waals surface area contributed by atoms with Crippen LogP contribution in [0.15, 0.2) is 53.4 Å². The lowest BCUT2D eigenvalue weighted by Gasteiger charge is -2.17. The monoisotopic (exact) mass is 412 g/mol. The molecule has 0 bridgehead atoms. The minimum atomic E-state index is -3.69. The topological polar surface area (TPSA) is 66.5 Å². The van der Waals surface area contributed by atoms with Gasteiger partial charge >= 0.3 is 0 Å². The molecule has 0 atom stereocenters. The van der Waals surface area contributed by atoms with E-state index >= 15 is 0 Å². The van der Waals surface area contributed by atoms with Gasteiger partial charge in [-0.05, 0) is 54.8 Å². The first-order valence-electron chi connectivity index (χ1n) is 8.52. The normalized spacial score (nSPS) is 11.6. The number of carbonyl (C=O) groups excluding carboxylic acids is 1. The quantitative estimate of drug-likeness (QED) is 0.687. The zero-order valence-corrected chi connectivity index (χ0v) is 16.6. The number of hydrogen-bond acceptors (Lipinski definition) is 3. The van der Waals surface area contributed by atoms with E-state index in [1.54, 1.807) is 6.07 Å². The summed E-state index contributed by atoms with van der Waals surface area (Å²) in [6, 6.07) is 12.1. The van der Waals surface area contributed by atoms with Crippen LogP contribution in [0.3, 0.4) is 0 Å². The number of nitrogens with one attached hydrogen (secondary N) is 1. The molecule has 2 aromatic rings. The molecule has 0 radical (unpaired) electrons. The SMILES string of the molecule is CN(CCCC(=O)NCCc1cccc(Cl)c1)S(=O)(=O)c1ccc(F)cc1. The van der Waals surface area contributed by atoms with E-state index in [0.717, 1.165) is 17.7 Å². The average molecular weight is 413 g/mol. The van der Waals surface area contributed by atoms with Crippen molar-refractivity contribution in [2.75, 3.05) is 20.1 Å². The standard InChI is InChI=1S/C19H22ClFN2O3S/c1-23(27(25,26)18-9-7-17(21)8-10-18)13-3-6-19(24)22-12-11-15-4-2-5-16(20)14-15/h2,4-5,7-10,14H,3,6,11-13H2,1H3,(H,22,24). The molecule has 146 valence electrons. The van der Waals surface area contributed by atoms with Gasteiger partial charge in [-0.25, -0.2) is 17.1 Å². The van der Waals surface area contributed by atoms with Gasteiger partial charge in [0, 0.05) is 31.6 Å². The summed E-state index contributed by atoms with van der Waals surface area (Å²) in [4.78, 5) is 11.9. The molecule has 0 aliphatic heterocycles. The number of benzene rings is 2. The molecule has 0 aliphatic carbocycles. The van der Waals surface area contributed by atoms with Crippen molar-refractivity contribution in [2.45, 2.75) is 24.2 Å². The van der Waals surface area contributed by atoms with Crippen LogP contribution >= 0.6 is 11.6 Å². The van der Waals surface area contributed by atoms with E-state index < -0.39 is 15.8 Å². The van der Waals surface area contributed by atoms with Gasteiger partial charge in [-0.1, -0.05) is 23.7 Å². The Hall–Kier alpha value is -1.96. The molecule has 0 aliphatic rings. The Labute approximate surface area is 164 Å². The Morgan fingerprint density at radius 2 is 1.89 bits per heavy atom. The van der Waals surface area contributed by atoms with Crippen LogP contribution in [0.5, 0.6) is 0 Å². The molecule has 1 N–H and O–H groups in total. The van der Waals surface area contributed by atoms with Gasteiger partial charge in [0.15, 0.2) is 0 Å². The Kier molecular flexibility index (Phi) is 7.77. The summed E-state index contributed by atoms with van der Waals surface area (Å²) in [6.07, 6.45) is 1.28. The average Bonchev–Trinajstić information content (AvgIpc) is 2.62. The zero-order valence-electron chi connectivity index (χ0n) is 15.0. The highest BCUT2D eigenvalue weighted by molar-refractivity contribution is 7.89. The highest BCUT2D eigenvalue weighted by atomic mass is 35.5. The van der Waals surface area contributed by atoms with Gasteiger partial charge in [0.05, 0.1) is 4.90 Å². The molecular weight excluding hydrogens is 391 g/mol. The van der Waals surface area contributed by atoms with E-state index in [9.17, 15) is 17.6 Å². The summed E-state index contributed by atoms with van der Waals surface area (Å²) < 4.78 is 38.8. The van der Waals surface area contributed by atoms with Crippen LogP contribution in [0.1, 0.15) is 18.4 Å². The molecular formula is C19H22ClFN2O3S. The van der Waals surface area contributed by atoms with Crippen LogP contribution in [0, 0.1) is 5.82 Å². The van der Waals surface area contributed by atoms with Gasteiger partial charge in [-0.15, -0.1) is 0 Å². The number of carbonyl (C=O) groups is 1. The van der Waals surface area contributed by atoms with Crippen molar-refractivity contribution in [1.29, 1.82) is 0 Å². The van der Waals surface area contributed by atoms with Crippen molar-refractivity contribution in [1.82, 2.24) is 9.62 Å². The van der Waals surface area contributed by atoms with E-state index in [-0.39, 0.29) is 23.8 Å². The molecule has 0 unspecified atom stereocenters. The minimum absolute atomic E-state index is 0.0253. The van der Waals surface area contributed by atoms with Crippen LogP contribution in [0.2, 0.25) is 5.02 Å². The minimum Gasteiger partial charge on any atom is -0.356 e. The smallest absolute Gasteiger partial charge is 0.242 e. The molecule has 1 amide bonds. The summed E-state index contributed by atoms with van der Waals surface area (Å²) in [6.45, 7) is 0.685. The Morgan fingerprint density at radius 3 is 2.56 bits per heavy atom. The molecule has 5 nitrogen and oxygen atoms in total. The molecule has 27 heavy (non-hydrogen) atoms. The Bertz CT molecular complexity index is 873. The predicted octanol–water partition coefficient (Wildman–Crippen LogP) is 3.24. The van der Waals surface area contributed by atoms with E-state index in [1.165, 1.54) is 23.5 Å². The van der Waals surface area contributed by atoms with Crippen molar-refractivity contribution in [2.24, 2.45) is 0 Å². The van der Waals surface area contributed by atoms with Crippen LogP contribution in [0.4, 0.5) is 4.39 Å². The van der Waals surface area contributed by atoms with Crippen molar-refractivity contribution >= 4 is 27.5 Å². The second kappa shape index (κ2) is 9.82. The maximum absolute atomic E-state index is 12.9. The first-order valence-corrected chi connectivity index (χ1v) is 10.3. The summed E-state index contributed by atoms with van der Waals surface area (Å²) in [5, 5.41) is 3.47. The summed E-state index contributed by atoms with van der Waals surface area (Å²) in [7, 11) is -2.25. The van der Waals surface area contributed by atoms with Crippen molar-refractivity contribution < 1.29 is 17.6 Å². The molecule has 8 heteroatoms. The zero-order chi connectivity index (χ0) is 19.9. The van der Waals surface area contributed by atoms with Gasteiger partial charge in [-0.3, -0.25) is 4.79 Å². The lowest BCUT2D eigenvalue weighted by Crippen LogP contribution is -2.30. The molecule has 0 saturated heterocycles. The summed E-state index contributed by atoms with van der Waals surface area (Å²) in [5.74, 6) is -0.629. The lowest BCUT2D eigenvalue weighted by molar-refractivity contribution is -0.121. The maximum atomic E-state index is 12.9. The van der Waals surface area contributed by atoms with E-state index in [0.29, 0.717) is 24.4 Å². The molecule has 0 heterocycles. The highest BCUT2D eigenvalue weighted by Crippen LogP contribution is 2.15. The summed E-state index contributed by atoms with van der Waals surface area (Å²) in [5.41, 5.74) is 1.04. The number of sulfonamides is 1. The molecule has 0 spiro atoms. The maximum Gasteiger partial charge on any atom is 0.242 e. The Morgan fingerprint density at radius 1 is 1.19 bits per heavy atom. The van der Waals surface area contributed by atoms with E-state index in [2.05, 4.69) is 5.32 Å². The fourth-order valence-corrected chi connectivity index (χ4v) is 3.92. The third-order valence-corrected chi connectivity index (χ3v) is 6.13. The van der Waals surface area contributed by atoms with Gasteiger partial charge in [0.25, 0.3) is 0 Å². The van der Waals surface area contributed by atoms with Crippen LogP contribution < -0.4 is 5.32 Å². The van der Waals surface area contributed by atoms with Gasteiger partial charge in [-0.2, -0.15) is 0 Å². The van der Waals surface area contributed by atoms with Crippen LogP contribution in [-0.2, 0) is 21.2 Å². The molecule has 2 aromatic carbocycles. The fourth-order valence-electron chi connectivity index (χ4n) is 2.50. The number of rotatable bonds is 9. The lowest BCUT2D eigenvalue weighted by atomic mass is 10.1. The number of nitrogens with zero attached hydrogens (tertiary/aromatic N) is 1. The largest absolute Gasteiger partial charge is 0.356 e. The predicted molar refractivity (Wildman–Crippen MR) is 104 cm³/mol. The third kappa shape index (κ3) is 6.61. The van der Waals surface area contributed by atoms with E-state index in [1.807, 2.05) is 18.2 Å². The van der Waals surface area contributed by atoms with Gasteiger partial charge < -0.3 is 5.32 Å². The van der Waals surface area contributed by atoms with Crippen molar-refractivity contribution in [3.8, 4) is 0 Å².